The lowest BCUT2D eigenvalue weighted by molar-refractivity contribution is 0.321. The van der Waals surface area contributed by atoms with Gasteiger partial charge in [0, 0.05) is 0 Å². The molecule has 0 aromatic heterocycles. The summed E-state index contributed by atoms with van der Waals surface area (Å²) in [5, 5.41) is 10.7. The first-order chi connectivity index (χ1) is 6.33. The first-order valence-electron chi connectivity index (χ1n) is 4.14. The number of nitrogens with zero attached hydrogens (tertiary/aromatic N) is 1. The van der Waals surface area contributed by atoms with Crippen molar-refractivity contribution in [1.29, 1.82) is 5.26 Å². The van der Waals surface area contributed by atoms with Crippen molar-refractivity contribution in [2.24, 2.45) is 0 Å². The highest BCUT2D eigenvalue weighted by molar-refractivity contribution is 5.27. The molecule has 0 aliphatic heterocycles. The van der Waals surface area contributed by atoms with E-state index in [1.165, 1.54) is 5.56 Å². The van der Waals surface area contributed by atoms with Crippen LogP contribution in [0.2, 0.25) is 0 Å². The van der Waals surface area contributed by atoms with E-state index in [1.807, 2.05) is 37.4 Å². The summed E-state index contributed by atoms with van der Waals surface area (Å²) in [5.74, 6) is 0.847. The molecule has 1 aromatic rings. The van der Waals surface area contributed by atoms with Gasteiger partial charge in [0.2, 0.25) is 0 Å². The van der Waals surface area contributed by atoms with Crippen LogP contribution in [0.1, 0.15) is 5.56 Å². The number of ether oxygens (including phenoxy) is 1. The predicted molar refractivity (Wildman–Crippen MR) is 50.3 cm³/mol. The lowest BCUT2D eigenvalue weighted by Crippen LogP contribution is -2.15. The van der Waals surface area contributed by atoms with Gasteiger partial charge in [0.1, 0.15) is 12.4 Å². The third kappa shape index (κ3) is 3.48. The maximum absolute atomic E-state index is 8.19. The van der Waals surface area contributed by atoms with Crippen LogP contribution in [-0.2, 0) is 0 Å². The van der Waals surface area contributed by atoms with Gasteiger partial charge in [0.05, 0.1) is 6.54 Å². The molecule has 0 fully saturated rings. The molecule has 1 rings (SSSR count). The van der Waals surface area contributed by atoms with Gasteiger partial charge in [-0.25, -0.2) is 0 Å². The molecule has 3 heteroatoms. The second-order valence-corrected chi connectivity index (χ2v) is 2.70. The molecule has 0 amide bonds. The fourth-order valence-corrected chi connectivity index (χ4v) is 0.981. The third-order valence-electron chi connectivity index (χ3n) is 1.56. The van der Waals surface area contributed by atoms with Crippen LogP contribution >= 0.6 is 0 Å². The molecule has 0 saturated heterocycles. The van der Waals surface area contributed by atoms with Crippen LogP contribution in [0.15, 0.2) is 24.3 Å². The maximum Gasteiger partial charge on any atom is 0.176 e. The van der Waals surface area contributed by atoms with Gasteiger partial charge in [-0.15, -0.1) is 0 Å². The van der Waals surface area contributed by atoms with Crippen molar-refractivity contribution in [2.45, 2.75) is 6.92 Å². The van der Waals surface area contributed by atoms with Gasteiger partial charge < -0.3 is 10.1 Å². The van der Waals surface area contributed by atoms with Gasteiger partial charge in [-0.3, -0.25) is 0 Å². The Hall–Kier alpha value is -1.69. The summed E-state index contributed by atoms with van der Waals surface area (Å²) in [7, 11) is 0. The smallest absolute Gasteiger partial charge is 0.176 e. The molecule has 0 heterocycles. The van der Waals surface area contributed by atoms with Crippen LogP contribution in [0.4, 0.5) is 0 Å². The number of benzene rings is 1. The third-order valence-corrected chi connectivity index (χ3v) is 1.56. The molecule has 0 spiro atoms. The Bertz CT molecular complexity index is 304. The summed E-state index contributed by atoms with van der Waals surface area (Å²) in [6.07, 6.45) is 1.84. The lowest BCUT2D eigenvalue weighted by atomic mass is 10.2. The largest absolute Gasteiger partial charge is 0.492 e. The van der Waals surface area contributed by atoms with E-state index in [9.17, 15) is 0 Å². The molecule has 0 atom stereocenters. The van der Waals surface area contributed by atoms with E-state index in [0.29, 0.717) is 13.2 Å². The van der Waals surface area contributed by atoms with Crippen molar-refractivity contribution in [1.82, 2.24) is 5.32 Å². The van der Waals surface area contributed by atoms with Crippen molar-refractivity contribution in [3.63, 3.8) is 0 Å². The number of rotatable bonds is 4. The number of hydrogen-bond donors (Lipinski definition) is 1. The molecule has 0 bridgehead atoms. The minimum absolute atomic E-state index is 0.511. The number of aryl methyl sites for hydroxylation is 1. The number of nitriles is 1. The van der Waals surface area contributed by atoms with Crippen molar-refractivity contribution >= 4 is 0 Å². The zero-order valence-electron chi connectivity index (χ0n) is 7.58. The van der Waals surface area contributed by atoms with Crippen LogP contribution in [0.5, 0.6) is 5.75 Å². The van der Waals surface area contributed by atoms with E-state index >= 15 is 0 Å². The maximum atomic E-state index is 8.19. The highest BCUT2D eigenvalue weighted by Crippen LogP contribution is 2.11. The summed E-state index contributed by atoms with van der Waals surface area (Å²) < 4.78 is 5.38. The highest BCUT2D eigenvalue weighted by Gasteiger charge is 1.92. The fourth-order valence-electron chi connectivity index (χ4n) is 0.981. The predicted octanol–water partition coefficient (Wildman–Crippen LogP) is 1.44. The Morgan fingerprint density at radius 1 is 1.54 bits per heavy atom. The quantitative estimate of drug-likeness (QED) is 0.429. The fraction of sp³-hybridized carbons (Fsp3) is 0.300. The number of hydrogen-bond acceptors (Lipinski definition) is 3. The van der Waals surface area contributed by atoms with Crippen LogP contribution < -0.4 is 10.1 Å². The van der Waals surface area contributed by atoms with Crippen molar-refractivity contribution in [3.8, 4) is 11.9 Å². The Labute approximate surface area is 77.9 Å². The molecule has 0 radical (unpaired) electrons. The first-order valence-corrected chi connectivity index (χ1v) is 4.14. The second kappa shape index (κ2) is 5.04. The molecule has 0 unspecified atom stereocenters. The van der Waals surface area contributed by atoms with Crippen LogP contribution in [0.3, 0.4) is 0 Å². The molecule has 1 aromatic carbocycles. The first kappa shape index (κ1) is 9.40. The van der Waals surface area contributed by atoms with E-state index in [0.717, 1.165) is 5.75 Å². The summed E-state index contributed by atoms with van der Waals surface area (Å²) >= 11 is 0. The molecular weight excluding hydrogens is 164 g/mol. The summed E-state index contributed by atoms with van der Waals surface area (Å²) in [4.78, 5) is 0. The average molecular weight is 176 g/mol. The van der Waals surface area contributed by atoms with Crippen LogP contribution in [-0.4, -0.2) is 13.2 Å². The van der Waals surface area contributed by atoms with Crippen LogP contribution in [0.25, 0.3) is 0 Å². The van der Waals surface area contributed by atoms with E-state index in [1.54, 1.807) is 0 Å². The van der Waals surface area contributed by atoms with Gasteiger partial charge >= 0.3 is 0 Å². The van der Waals surface area contributed by atoms with Gasteiger partial charge in [-0.1, -0.05) is 12.1 Å². The minimum atomic E-state index is 0.511. The monoisotopic (exact) mass is 176 g/mol. The van der Waals surface area contributed by atoms with Crippen molar-refractivity contribution in [2.75, 3.05) is 13.2 Å². The Morgan fingerprint density at radius 3 is 3.08 bits per heavy atom. The SMILES string of the molecule is Cc1cccc(OCCNC#N)c1. The zero-order chi connectivity index (χ0) is 9.52. The average Bonchev–Trinajstić information content (AvgIpc) is 2.13. The minimum Gasteiger partial charge on any atom is -0.492 e. The molecule has 0 aliphatic carbocycles. The lowest BCUT2D eigenvalue weighted by Gasteiger charge is -2.05. The normalized spacial score (nSPS) is 8.92. The Kier molecular flexibility index (Phi) is 3.65. The van der Waals surface area contributed by atoms with Gasteiger partial charge in [0.15, 0.2) is 6.19 Å². The molecule has 0 aliphatic rings. The second-order valence-electron chi connectivity index (χ2n) is 2.70. The standard InChI is InChI=1S/C10H12N2O/c1-9-3-2-4-10(7-9)13-6-5-12-8-11/h2-4,7,12H,5-6H2,1H3. The van der Waals surface area contributed by atoms with E-state index in [-0.39, 0.29) is 0 Å². The summed E-state index contributed by atoms with van der Waals surface area (Å²) in [6, 6.07) is 7.83. The van der Waals surface area contributed by atoms with E-state index < -0.39 is 0 Å². The van der Waals surface area contributed by atoms with Gasteiger partial charge in [-0.05, 0) is 24.6 Å². The van der Waals surface area contributed by atoms with Gasteiger partial charge in [-0.2, -0.15) is 5.26 Å². The topological polar surface area (TPSA) is 45.0 Å². The Balaban J connectivity index is 2.33. The van der Waals surface area contributed by atoms with Crippen LogP contribution in [0, 0.1) is 18.4 Å². The van der Waals surface area contributed by atoms with Crippen molar-refractivity contribution < 1.29 is 4.74 Å². The molecule has 13 heavy (non-hydrogen) atoms. The van der Waals surface area contributed by atoms with E-state index in [4.69, 9.17) is 10.00 Å². The zero-order valence-corrected chi connectivity index (χ0v) is 7.58. The molecule has 3 nitrogen and oxygen atoms in total. The molecule has 0 saturated carbocycles. The summed E-state index contributed by atoms with van der Waals surface area (Å²) in [5.41, 5.74) is 1.17. The van der Waals surface area contributed by atoms with Crippen molar-refractivity contribution in [3.05, 3.63) is 29.8 Å². The van der Waals surface area contributed by atoms with Gasteiger partial charge in [0.25, 0.3) is 0 Å². The molecule has 68 valence electrons. The Morgan fingerprint density at radius 2 is 2.38 bits per heavy atom. The summed E-state index contributed by atoms with van der Waals surface area (Å²) in [6.45, 7) is 3.07. The van der Waals surface area contributed by atoms with E-state index in [2.05, 4.69) is 5.32 Å². The number of nitrogens with one attached hydrogen (secondary N) is 1. The molecular formula is C10H12N2O. The molecule has 1 N–H and O–H groups in total. The highest BCUT2D eigenvalue weighted by atomic mass is 16.5.